The van der Waals surface area contributed by atoms with Gasteiger partial charge in [-0.05, 0) is 55.2 Å². The average molecular weight is 396 g/mol. The lowest BCUT2D eigenvalue weighted by Gasteiger charge is -2.38. The maximum Gasteiger partial charge on any atom is 0.161 e. The molecule has 154 valence electrons. The summed E-state index contributed by atoms with van der Waals surface area (Å²) in [4.78, 5) is 6.63. The number of ether oxygens (including phenoxy) is 2. The number of fused-ring (bicyclic) bond motifs is 1. The Hall–Kier alpha value is -2.57. The molecule has 2 aromatic heterocycles. The second-order valence-corrected chi connectivity index (χ2v) is 8.01. The number of aliphatic hydroxyl groups is 1. The highest BCUT2D eigenvalue weighted by molar-refractivity contribution is 5.78. The summed E-state index contributed by atoms with van der Waals surface area (Å²) in [5, 5.41) is 12.3. The molecule has 1 aromatic carbocycles. The molecule has 0 saturated carbocycles. The molecule has 6 heteroatoms. The summed E-state index contributed by atoms with van der Waals surface area (Å²) < 4.78 is 13.0. The van der Waals surface area contributed by atoms with Gasteiger partial charge in [0, 0.05) is 37.4 Å². The molecular weight excluding hydrogens is 366 g/mol. The van der Waals surface area contributed by atoms with Crippen LogP contribution < -0.4 is 9.47 Å². The van der Waals surface area contributed by atoms with Gasteiger partial charge < -0.3 is 19.1 Å². The van der Waals surface area contributed by atoms with Crippen molar-refractivity contribution in [2.24, 2.45) is 0 Å². The highest BCUT2D eigenvalue weighted by Crippen LogP contribution is 2.32. The fourth-order valence-corrected chi connectivity index (χ4v) is 4.20. The van der Waals surface area contributed by atoms with Gasteiger partial charge in [0.2, 0.25) is 0 Å². The number of likely N-dealkylation sites (tertiary alicyclic amines) is 1. The molecule has 29 heavy (non-hydrogen) atoms. The number of benzene rings is 1. The van der Waals surface area contributed by atoms with Crippen molar-refractivity contribution in [1.29, 1.82) is 0 Å². The van der Waals surface area contributed by atoms with Crippen LogP contribution in [0.1, 0.15) is 24.0 Å². The quantitative estimate of drug-likeness (QED) is 0.693. The van der Waals surface area contributed by atoms with Crippen LogP contribution in [0, 0.1) is 6.92 Å². The summed E-state index contributed by atoms with van der Waals surface area (Å²) in [6.45, 7) is 5.27. The van der Waals surface area contributed by atoms with Crippen LogP contribution in [-0.2, 0) is 13.1 Å². The monoisotopic (exact) mass is 395 g/mol. The molecule has 0 aliphatic carbocycles. The van der Waals surface area contributed by atoms with E-state index in [-0.39, 0.29) is 0 Å². The van der Waals surface area contributed by atoms with E-state index < -0.39 is 5.60 Å². The highest BCUT2D eigenvalue weighted by Gasteiger charge is 2.33. The number of hydrogen-bond donors (Lipinski definition) is 1. The number of pyridine rings is 1. The summed E-state index contributed by atoms with van der Waals surface area (Å²) in [6, 6.07) is 8.17. The van der Waals surface area contributed by atoms with Gasteiger partial charge in [-0.25, -0.2) is 0 Å². The summed E-state index contributed by atoms with van der Waals surface area (Å²) >= 11 is 0. The minimum absolute atomic E-state index is 0.603. The van der Waals surface area contributed by atoms with Crippen LogP contribution in [0.15, 0.2) is 42.9 Å². The third-order valence-corrected chi connectivity index (χ3v) is 6.06. The molecule has 3 heterocycles. The summed E-state index contributed by atoms with van der Waals surface area (Å²) in [7, 11) is 3.32. The minimum Gasteiger partial charge on any atom is -0.493 e. The van der Waals surface area contributed by atoms with Gasteiger partial charge in [-0.3, -0.25) is 9.88 Å². The van der Waals surface area contributed by atoms with Gasteiger partial charge in [0.05, 0.1) is 38.1 Å². The second kappa shape index (κ2) is 8.05. The molecule has 0 unspecified atom stereocenters. The van der Waals surface area contributed by atoms with Gasteiger partial charge in [0.25, 0.3) is 0 Å². The van der Waals surface area contributed by atoms with Crippen molar-refractivity contribution >= 4 is 10.9 Å². The Morgan fingerprint density at radius 3 is 2.55 bits per heavy atom. The number of hydrogen-bond acceptors (Lipinski definition) is 5. The van der Waals surface area contributed by atoms with E-state index in [0.717, 1.165) is 54.9 Å². The van der Waals surface area contributed by atoms with E-state index in [4.69, 9.17) is 9.47 Å². The molecule has 6 nitrogen and oxygen atoms in total. The Morgan fingerprint density at radius 1 is 1.10 bits per heavy atom. The number of piperidine rings is 1. The van der Waals surface area contributed by atoms with E-state index in [1.54, 1.807) is 20.4 Å². The Bertz CT molecular complexity index is 990. The van der Waals surface area contributed by atoms with Gasteiger partial charge in [-0.1, -0.05) is 0 Å². The summed E-state index contributed by atoms with van der Waals surface area (Å²) in [5.74, 6) is 1.52. The topological polar surface area (TPSA) is 59.8 Å². The lowest BCUT2D eigenvalue weighted by molar-refractivity contribution is -0.0349. The normalized spacial score (nSPS) is 16.8. The first-order valence-electron chi connectivity index (χ1n) is 10.1. The van der Waals surface area contributed by atoms with E-state index in [0.29, 0.717) is 6.54 Å². The van der Waals surface area contributed by atoms with Gasteiger partial charge >= 0.3 is 0 Å². The largest absolute Gasteiger partial charge is 0.493 e. The first kappa shape index (κ1) is 19.7. The van der Waals surface area contributed by atoms with E-state index in [1.165, 1.54) is 11.1 Å². The zero-order chi connectivity index (χ0) is 20.4. The summed E-state index contributed by atoms with van der Waals surface area (Å²) in [6.07, 6.45) is 7.21. The molecule has 0 radical (unpaired) electrons. The van der Waals surface area contributed by atoms with Gasteiger partial charge in [-0.15, -0.1) is 0 Å². The molecule has 1 fully saturated rings. The molecular formula is C23H29N3O3. The first-order valence-corrected chi connectivity index (χ1v) is 10.1. The predicted molar refractivity (Wildman–Crippen MR) is 113 cm³/mol. The first-order chi connectivity index (χ1) is 14.0. The molecule has 1 aliphatic rings. The van der Waals surface area contributed by atoms with Gasteiger partial charge in [0.15, 0.2) is 11.5 Å². The number of methoxy groups -OCH3 is 2. The highest BCUT2D eigenvalue weighted by atomic mass is 16.5. The van der Waals surface area contributed by atoms with E-state index in [1.807, 2.05) is 24.5 Å². The van der Waals surface area contributed by atoms with Crippen LogP contribution >= 0.6 is 0 Å². The number of rotatable bonds is 6. The van der Waals surface area contributed by atoms with Gasteiger partial charge in [-0.2, -0.15) is 0 Å². The predicted octanol–water partition coefficient (Wildman–Crippen LogP) is 3.39. The maximum absolute atomic E-state index is 11.2. The zero-order valence-electron chi connectivity index (χ0n) is 17.4. The standard InChI is InChI=1S/C23H29N3O3/c1-17-12-21(28-2)22(29-3)13-19(17)15-25-10-6-23(27,7-11-25)16-26-9-5-18-4-8-24-14-20(18)26/h4-5,8-9,12-14,27H,6-7,10-11,15-16H2,1-3H3. The second-order valence-electron chi connectivity index (χ2n) is 8.01. The molecule has 0 atom stereocenters. The van der Waals surface area contributed by atoms with Crippen LogP contribution in [0.3, 0.4) is 0 Å². The average Bonchev–Trinajstić information content (AvgIpc) is 3.13. The van der Waals surface area contributed by atoms with Crippen molar-refractivity contribution in [2.45, 2.75) is 38.5 Å². The van der Waals surface area contributed by atoms with E-state index in [2.05, 4.69) is 33.5 Å². The van der Waals surface area contributed by atoms with Crippen molar-refractivity contribution in [3.8, 4) is 11.5 Å². The number of aryl methyl sites for hydroxylation is 1. The molecule has 0 bridgehead atoms. The molecule has 4 rings (SSSR count). The van der Waals surface area contributed by atoms with Crippen molar-refractivity contribution < 1.29 is 14.6 Å². The summed E-state index contributed by atoms with van der Waals surface area (Å²) in [5.41, 5.74) is 2.81. The molecule has 0 amide bonds. The number of nitrogens with zero attached hydrogens (tertiary/aromatic N) is 3. The fourth-order valence-electron chi connectivity index (χ4n) is 4.20. The Morgan fingerprint density at radius 2 is 1.83 bits per heavy atom. The van der Waals surface area contributed by atoms with Crippen molar-refractivity contribution in [2.75, 3.05) is 27.3 Å². The lowest BCUT2D eigenvalue weighted by atomic mass is 9.90. The Kier molecular flexibility index (Phi) is 5.48. The Balaban J connectivity index is 1.41. The van der Waals surface area contributed by atoms with Crippen LogP contribution in [0.5, 0.6) is 11.5 Å². The van der Waals surface area contributed by atoms with Crippen LogP contribution in [0.2, 0.25) is 0 Å². The van der Waals surface area contributed by atoms with E-state index in [9.17, 15) is 5.11 Å². The number of aromatic nitrogens is 2. The molecule has 1 N–H and O–H groups in total. The van der Waals surface area contributed by atoms with Crippen molar-refractivity contribution in [3.05, 3.63) is 54.0 Å². The smallest absolute Gasteiger partial charge is 0.161 e. The molecule has 0 spiro atoms. The SMILES string of the molecule is COc1cc(C)c(CN2CCC(O)(Cn3ccc4ccncc43)CC2)cc1OC. The third kappa shape index (κ3) is 4.09. The Labute approximate surface area is 171 Å². The van der Waals surface area contributed by atoms with E-state index >= 15 is 0 Å². The molecule has 1 saturated heterocycles. The third-order valence-electron chi connectivity index (χ3n) is 6.06. The fraction of sp³-hybridized carbons (Fsp3) is 0.435. The van der Waals surface area contributed by atoms with Crippen molar-refractivity contribution in [1.82, 2.24) is 14.5 Å². The van der Waals surface area contributed by atoms with Crippen LogP contribution in [0.25, 0.3) is 10.9 Å². The van der Waals surface area contributed by atoms with Crippen LogP contribution in [-0.4, -0.2) is 52.5 Å². The maximum atomic E-state index is 11.2. The van der Waals surface area contributed by atoms with Crippen LogP contribution in [0.4, 0.5) is 0 Å². The minimum atomic E-state index is -0.690. The zero-order valence-corrected chi connectivity index (χ0v) is 17.4. The molecule has 3 aromatic rings. The van der Waals surface area contributed by atoms with Gasteiger partial charge in [0.1, 0.15) is 0 Å². The lowest BCUT2D eigenvalue weighted by Crippen LogP contribution is -2.46. The van der Waals surface area contributed by atoms with Crippen molar-refractivity contribution in [3.63, 3.8) is 0 Å². The molecule has 1 aliphatic heterocycles.